The van der Waals surface area contributed by atoms with E-state index in [0.29, 0.717) is 24.1 Å². The fraction of sp³-hybridized carbons (Fsp3) is 0.333. The summed E-state index contributed by atoms with van der Waals surface area (Å²) >= 11 is 0. The molecule has 2 heterocycles. The van der Waals surface area contributed by atoms with Crippen molar-refractivity contribution in [2.24, 2.45) is 0 Å². The molecule has 0 spiro atoms. The Morgan fingerprint density at radius 3 is 2.88 bits per heavy atom. The molecule has 0 N–H and O–H groups in total. The number of hydrogen-bond acceptors (Lipinski definition) is 3. The Hall–Kier alpha value is -1.84. The Labute approximate surface area is 92.8 Å². The third kappa shape index (κ3) is 1.04. The first-order chi connectivity index (χ1) is 7.62. The maximum atomic E-state index is 11.8. The van der Waals surface area contributed by atoms with Gasteiger partial charge in [0.25, 0.3) is 0 Å². The molecule has 4 nitrogen and oxygen atoms in total. The second kappa shape index (κ2) is 2.84. The molecule has 0 aliphatic carbocycles. The van der Waals surface area contributed by atoms with Crippen molar-refractivity contribution >= 4 is 17.6 Å². The van der Waals surface area contributed by atoms with Crippen molar-refractivity contribution in [3.8, 4) is 0 Å². The Morgan fingerprint density at radius 2 is 2.06 bits per heavy atom. The fourth-order valence-corrected chi connectivity index (χ4v) is 2.41. The van der Waals surface area contributed by atoms with E-state index in [0.717, 1.165) is 0 Å². The van der Waals surface area contributed by atoms with Crippen LogP contribution in [-0.2, 0) is 9.53 Å². The molecule has 1 aromatic rings. The predicted molar refractivity (Wildman–Crippen MR) is 57.0 cm³/mol. The molecule has 3 rings (SSSR count). The maximum Gasteiger partial charge on any atom is 0.342 e. The molecule has 0 saturated carbocycles. The van der Waals surface area contributed by atoms with Gasteiger partial charge in [0.1, 0.15) is 0 Å². The fourth-order valence-electron chi connectivity index (χ4n) is 2.41. The zero-order chi connectivity index (χ0) is 11.3. The molecule has 0 aromatic heterocycles. The average molecular weight is 217 g/mol. The number of para-hydroxylation sites is 1. The van der Waals surface area contributed by atoms with E-state index < -0.39 is 5.72 Å². The number of esters is 1. The summed E-state index contributed by atoms with van der Waals surface area (Å²) in [7, 11) is 0. The van der Waals surface area contributed by atoms with Crippen LogP contribution in [0, 0.1) is 0 Å². The smallest absolute Gasteiger partial charge is 0.342 e. The summed E-state index contributed by atoms with van der Waals surface area (Å²) < 4.78 is 5.36. The van der Waals surface area contributed by atoms with Gasteiger partial charge in [0.15, 0.2) is 5.72 Å². The Kier molecular flexibility index (Phi) is 1.67. The highest BCUT2D eigenvalue weighted by Crippen LogP contribution is 2.41. The van der Waals surface area contributed by atoms with Gasteiger partial charge in [-0.25, -0.2) is 4.79 Å². The lowest BCUT2D eigenvalue weighted by Crippen LogP contribution is -2.50. The molecule has 1 unspecified atom stereocenters. The quantitative estimate of drug-likeness (QED) is 0.621. The zero-order valence-corrected chi connectivity index (χ0v) is 8.90. The van der Waals surface area contributed by atoms with Crippen molar-refractivity contribution in [3.05, 3.63) is 29.8 Å². The summed E-state index contributed by atoms with van der Waals surface area (Å²) in [6.45, 7) is 1.78. The number of rotatable bonds is 0. The molecular weight excluding hydrogens is 206 g/mol. The van der Waals surface area contributed by atoms with Crippen LogP contribution in [0.4, 0.5) is 5.69 Å². The largest absolute Gasteiger partial charge is 0.435 e. The third-order valence-corrected chi connectivity index (χ3v) is 3.20. The van der Waals surface area contributed by atoms with E-state index in [4.69, 9.17) is 4.74 Å². The van der Waals surface area contributed by atoms with Gasteiger partial charge in [-0.2, -0.15) is 0 Å². The van der Waals surface area contributed by atoms with E-state index in [-0.39, 0.29) is 11.9 Å². The van der Waals surface area contributed by atoms with Crippen molar-refractivity contribution in [1.82, 2.24) is 0 Å². The van der Waals surface area contributed by atoms with Crippen molar-refractivity contribution in [1.29, 1.82) is 0 Å². The number of fused-ring (bicyclic) bond motifs is 3. The predicted octanol–water partition coefficient (Wildman–Crippen LogP) is 1.70. The minimum atomic E-state index is -0.789. The van der Waals surface area contributed by atoms with Gasteiger partial charge in [0, 0.05) is 12.8 Å². The van der Waals surface area contributed by atoms with Crippen LogP contribution in [0.25, 0.3) is 0 Å². The molecule has 0 radical (unpaired) electrons. The van der Waals surface area contributed by atoms with Crippen LogP contribution in [0.3, 0.4) is 0 Å². The molecule has 1 amide bonds. The highest BCUT2D eigenvalue weighted by molar-refractivity contribution is 6.07. The summed E-state index contributed by atoms with van der Waals surface area (Å²) in [6.07, 6.45) is 0.990. The van der Waals surface area contributed by atoms with E-state index in [1.165, 1.54) is 0 Å². The van der Waals surface area contributed by atoms with Gasteiger partial charge in [-0.15, -0.1) is 0 Å². The Bertz CT molecular complexity index is 497. The second-order valence-electron chi connectivity index (χ2n) is 4.31. The van der Waals surface area contributed by atoms with E-state index in [2.05, 4.69) is 0 Å². The highest BCUT2D eigenvalue weighted by Gasteiger charge is 2.50. The summed E-state index contributed by atoms with van der Waals surface area (Å²) in [6, 6.07) is 7.06. The SMILES string of the molecule is CC12CCC(=O)N1c1ccccc1C(=O)O2. The van der Waals surface area contributed by atoms with Crippen molar-refractivity contribution in [3.63, 3.8) is 0 Å². The summed E-state index contributed by atoms with van der Waals surface area (Å²) in [5, 5.41) is 0. The van der Waals surface area contributed by atoms with Gasteiger partial charge >= 0.3 is 5.97 Å². The molecule has 2 aliphatic heterocycles. The van der Waals surface area contributed by atoms with Crippen LogP contribution in [0.5, 0.6) is 0 Å². The second-order valence-corrected chi connectivity index (χ2v) is 4.31. The standard InChI is InChI=1S/C12H11NO3/c1-12-7-6-10(14)13(12)9-5-3-2-4-8(9)11(15)16-12/h2-5H,6-7H2,1H3. The van der Waals surface area contributed by atoms with Crippen molar-refractivity contribution in [2.75, 3.05) is 4.90 Å². The van der Waals surface area contributed by atoms with Crippen LogP contribution in [0.2, 0.25) is 0 Å². The molecule has 1 fully saturated rings. The van der Waals surface area contributed by atoms with Gasteiger partial charge in [-0.1, -0.05) is 12.1 Å². The van der Waals surface area contributed by atoms with E-state index in [1.807, 2.05) is 6.07 Å². The van der Waals surface area contributed by atoms with Gasteiger partial charge < -0.3 is 4.74 Å². The number of nitrogens with zero attached hydrogens (tertiary/aromatic N) is 1. The Balaban J connectivity index is 2.23. The van der Waals surface area contributed by atoms with E-state index >= 15 is 0 Å². The minimum Gasteiger partial charge on any atom is -0.435 e. The van der Waals surface area contributed by atoms with Gasteiger partial charge in [0.2, 0.25) is 5.91 Å². The number of benzene rings is 1. The molecule has 4 heteroatoms. The van der Waals surface area contributed by atoms with Crippen LogP contribution < -0.4 is 4.90 Å². The molecule has 82 valence electrons. The van der Waals surface area contributed by atoms with Crippen LogP contribution in [0.15, 0.2) is 24.3 Å². The Morgan fingerprint density at radius 1 is 1.31 bits per heavy atom. The highest BCUT2D eigenvalue weighted by atomic mass is 16.6. The van der Waals surface area contributed by atoms with Crippen LogP contribution in [-0.4, -0.2) is 17.6 Å². The summed E-state index contributed by atoms with van der Waals surface area (Å²) in [5.74, 6) is -0.327. The first-order valence-electron chi connectivity index (χ1n) is 5.27. The lowest BCUT2D eigenvalue weighted by molar-refractivity contribution is -0.118. The number of hydrogen-bond donors (Lipinski definition) is 0. The molecule has 16 heavy (non-hydrogen) atoms. The number of carbonyl (C=O) groups is 2. The lowest BCUT2D eigenvalue weighted by Gasteiger charge is -2.39. The minimum absolute atomic E-state index is 0.0162. The first kappa shape index (κ1) is 9.39. The van der Waals surface area contributed by atoms with Crippen LogP contribution in [0.1, 0.15) is 30.1 Å². The number of carbonyl (C=O) groups excluding carboxylic acids is 2. The summed E-state index contributed by atoms with van der Waals surface area (Å²) in [4.78, 5) is 25.2. The first-order valence-corrected chi connectivity index (χ1v) is 5.27. The average Bonchev–Trinajstić information content (AvgIpc) is 2.55. The third-order valence-electron chi connectivity index (χ3n) is 3.20. The molecule has 1 saturated heterocycles. The van der Waals surface area contributed by atoms with Gasteiger partial charge in [0.05, 0.1) is 11.3 Å². The number of ether oxygens (including phenoxy) is 1. The van der Waals surface area contributed by atoms with Crippen LogP contribution >= 0.6 is 0 Å². The topological polar surface area (TPSA) is 46.6 Å². The van der Waals surface area contributed by atoms with Gasteiger partial charge in [-0.05, 0) is 19.1 Å². The number of anilines is 1. The zero-order valence-electron chi connectivity index (χ0n) is 8.90. The molecule has 1 atom stereocenters. The molecule has 2 aliphatic rings. The monoisotopic (exact) mass is 217 g/mol. The van der Waals surface area contributed by atoms with E-state index in [9.17, 15) is 9.59 Å². The van der Waals surface area contributed by atoms with E-state index in [1.54, 1.807) is 30.0 Å². The number of amides is 1. The lowest BCUT2D eigenvalue weighted by atomic mass is 10.1. The van der Waals surface area contributed by atoms with Crippen molar-refractivity contribution in [2.45, 2.75) is 25.5 Å². The van der Waals surface area contributed by atoms with Crippen molar-refractivity contribution < 1.29 is 14.3 Å². The van der Waals surface area contributed by atoms with Gasteiger partial charge in [-0.3, -0.25) is 9.69 Å². The molecular formula is C12H11NO3. The molecule has 1 aromatic carbocycles. The normalized spacial score (nSPS) is 27.4. The molecule has 0 bridgehead atoms. The maximum absolute atomic E-state index is 11.8. The summed E-state index contributed by atoms with van der Waals surface area (Å²) in [5.41, 5.74) is 0.349.